The zero-order valence-corrected chi connectivity index (χ0v) is 18.7. The van der Waals surface area contributed by atoms with Gasteiger partial charge in [0.05, 0.1) is 13.2 Å². The minimum Gasteiger partial charge on any atom is -0.497 e. The molecular weight excluding hydrogens is 390 g/mol. The Morgan fingerprint density at radius 3 is 2.55 bits per heavy atom. The largest absolute Gasteiger partial charge is 0.497 e. The van der Waals surface area contributed by atoms with Crippen LogP contribution in [0, 0.1) is 0 Å². The Bertz CT molecular complexity index is 867. The number of ether oxygens (including phenoxy) is 1. The highest BCUT2D eigenvalue weighted by molar-refractivity contribution is 5.97. The monoisotopic (exact) mass is 423 g/mol. The fourth-order valence-electron chi connectivity index (χ4n) is 4.31. The Hall–Kier alpha value is -2.86. The van der Waals surface area contributed by atoms with Gasteiger partial charge in [-0.25, -0.2) is 0 Å². The van der Waals surface area contributed by atoms with Crippen LogP contribution in [0.15, 0.2) is 54.6 Å². The summed E-state index contributed by atoms with van der Waals surface area (Å²) in [4.78, 5) is 30.0. The van der Waals surface area contributed by atoms with Gasteiger partial charge in [-0.05, 0) is 55.8 Å². The lowest BCUT2D eigenvalue weighted by atomic mass is 10.0. The maximum Gasteiger partial charge on any atom is 0.254 e. The molecule has 0 saturated carbocycles. The van der Waals surface area contributed by atoms with Gasteiger partial charge in [0.25, 0.3) is 5.91 Å². The van der Waals surface area contributed by atoms with Gasteiger partial charge in [0.15, 0.2) is 0 Å². The second-order valence-electron chi connectivity index (χ2n) is 7.78. The van der Waals surface area contributed by atoms with Crippen LogP contribution in [0.4, 0.5) is 0 Å². The molecule has 6 heteroatoms. The van der Waals surface area contributed by atoms with E-state index in [0.29, 0.717) is 25.1 Å². The van der Waals surface area contributed by atoms with E-state index in [1.807, 2.05) is 36.4 Å². The van der Waals surface area contributed by atoms with Crippen LogP contribution >= 0.6 is 0 Å². The van der Waals surface area contributed by atoms with Crippen molar-refractivity contribution in [1.29, 1.82) is 0 Å². The van der Waals surface area contributed by atoms with E-state index >= 15 is 0 Å². The average molecular weight is 424 g/mol. The van der Waals surface area contributed by atoms with Crippen molar-refractivity contribution in [2.24, 2.45) is 0 Å². The molecule has 31 heavy (non-hydrogen) atoms. The van der Waals surface area contributed by atoms with E-state index in [1.54, 1.807) is 24.1 Å². The summed E-state index contributed by atoms with van der Waals surface area (Å²) in [6.07, 6.45) is 1.53. The summed E-state index contributed by atoms with van der Waals surface area (Å²) in [5, 5.41) is 3.13. The smallest absolute Gasteiger partial charge is 0.254 e. The fourth-order valence-corrected chi connectivity index (χ4v) is 4.31. The quantitative estimate of drug-likeness (QED) is 0.671. The lowest BCUT2D eigenvalue weighted by Gasteiger charge is -2.31. The summed E-state index contributed by atoms with van der Waals surface area (Å²) in [5.41, 5.74) is 1.73. The topological polar surface area (TPSA) is 61.9 Å². The lowest BCUT2D eigenvalue weighted by molar-refractivity contribution is -0.125. The summed E-state index contributed by atoms with van der Waals surface area (Å²) in [6.45, 7) is 7.08. The number of hydrogen-bond acceptors (Lipinski definition) is 4. The van der Waals surface area contributed by atoms with E-state index in [4.69, 9.17) is 4.74 Å². The van der Waals surface area contributed by atoms with Gasteiger partial charge in [0.1, 0.15) is 11.8 Å². The Kier molecular flexibility index (Phi) is 8.06. The Balaban J connectivity index is 1.71. The highest BCUT2D eigenvalue weighted by Crippen LogP contribution is 2.25. The normalized spacial score (nSPS) is 16.9. The number of carbonyl (C=O) groups is 2. The van der Waals surface area contributed by atoms with E-state index in [-0.39, 0.29) is 17.9 Å². The molecule has 0 bridgehead atoms. The molecule has 1 N–H and O–H groups in total. The van der Waals surface area contributed by atoms with Crippen molar-refractivity contribution in [3.63, 3.8) is 0 Å². The summed E-state index contributed by atoms with van der Waals surface area (Å²) in [5.74, 6) is 0.643. The van der Waals surface area contributed by atoms with Crippen molar-refractivity contribution >= 4 is 11.8 Å². The Morgan fingerprint density at radius 1 is 1.13 bits per heavy atom. The molecule has 2 aromatic carbocycles. The number of likely N-dealkylation sites (tertiary alicyclic amines) is 1. The van der Waals surface area contributed by atoms with Gasteiger partial charge in [-0.2, -0.15) is 0 Å². The van der Waals surface area contributed by atoms with Crippen LogP contribution in [-0.4, -0.2) is 60.9 Å². The van der Waals surface area contributed by atoms with Crippen molar-refractivity contribution in [3.05, 3.63) is 65.7 Å². The van der Waals surface area contributed by atoms with Gasteiger partial charge in [-0.3, -0.25) is 14.5 Å². The second kappa shape index (κ2) is 11.0. The van der Waals surface area contributed by atoms with Crippen LogP contribution in [0.25, 0.3) is 0 Å². The van der Waals surface area contributed by atoms with Crippen molar-refractivity contribution in [3.8, 4) is 5.75 Å². The van der Waals surface area contributed by atoms with Gasteiger partial charge in [-0.1, -0.05) is 44.2 Å². The third-order valence-electron chi connectivity index (χ3n) is 6.04. The first-order valence-electron chi connectivity index (χ1n) is 11.1. The van der Waals surface area contributed by atoms with E-state index in [9.17, 15) is 9.59 Å². The van der Waals surface area contributed by atoms with Crippen LogP contribution in [0.1, 0.15) is 48.7 Å². The van der Waals surface area contributed by atoms with E-state index in [1.165, 1.54) is 0 Å². The molecule has 2 unspecified atom stereocenters. The number of carbonyl (C=O) groups excluding carboxylic acids is 2. The van der Waals surface area contributed by atoms with Gasteiger partial charge < -0.3 is 15.0 Å². The number of methoxy groups -OCH3 is 1. The van der Waals surface area contributed by atoms with E-state index in [0.717, 1.165) is 30.8 Å². The summed E-state index contributed by atoms with van der Waals surface area (Å²) < 4.78 is 5.39. The number of amides is 2. The molecule has 2 aromatic rings. The summed E-state index contributed by atoms with van der Waals surface area (Å²) in [6, 6.07) is 16.8. The Labute approximate surface area is 185 Å². The molecule has 0 spiro atoms. The predicted octanol–water partition coefficient (Wildman–Crippen LogP) is 3.50. The van der Waals surface area contributed by atoms with Crippen molar-refractivity contribution < 1.29 is 14.3 Å². The zero-order valence-electron chi connectivity index (χ0n) is 18.7. The van der Waals surface area contributed by atoms with Crippen molar-refractivity contribution in [2.45, 2.75) is 38.8 Å². The molecule has 0 aliphatic carbocycles. The molecular formula is C25H33N3O3. The SMILES string of the molecule is CCN(CC)C(CNC(=O)C1CCCN1C(=O)c1ccccc1)c1cccc(OC)c1. The van der Waals surface area contributed by atoms with Crippen LogP contribution in [0.2, 0.25) is 0 Å². The van der Waals surface area contributed by atoms with Crippen molar-refractivity contribution in [2.75, 3.05) is 33.3 Å². The van der Waals surface area contributed by atoms with Crippen LogP contribution in [-0.2, 0) is 4.79 Å². The number of nitrogens with zero attached hydrogens (tertiary/aromatic N) is 2. The predicted molar refractivity (Wildman–Crippen MR) is 122 cm³/mol. The minimum absolute atomic E-state index is 0.0359. The number of nitrogens with one attached hydrogen (secondary N) is 1. The van der Waals surface area contributed by atoms with Crippen LogP contribution in [0.3, 0.4) is 0 Å². The molecule has 1 aliphatic rings. The fraction of sp³-hybridized carbons (Fsp3) is 0.440. The van der Waals surface area contributed by atoms with Gasteiger partial charge in [-0.15, -0.1) is 0 Å². The van der Waals surface area contributed by atoms with Gasteiger partial charge in [0.2, 0.25) is 5.91 Å². The maximum atomic E-state index is 13.1. The standard InChI is InChI=1S/C25H33N3O3/c1-4-27(5-2)23(20-13-9-14-21(17-20)31-3)18-26-24(29)22-15-10-16-28(22)25(30)19-11-7-6-8-12-19/h6-9,11-14,17,22-23H,4-5,10,15-16,18H2,1-3H3,(H,26,29). The average Bonchev–Trinajstić information content (AvgIpc) is 3.31. The number of rotatable bonds is 9. The molecule has 1 heterocycles. The third-order valence-corrected chi connectivity index (χ3v) is 6.04. The van der Waals surface area contributed by atoms with E-state index < -0.39 is 6.04 Å². The summed E-state index contributed by atoms with van der Waals surface area (Å²) >= 11 is 0. The van der Waals surface area contributed by atoms with E-state index in [2.05, 4.69) is 30.1 Å². The van der Waals surface area contributed by atoms with Gasteiger partial charge >= 0.3 is 0 Å². The molecule has 2 atom stereocenters. The third kappa shape index (κ3) is 5.44. The van der Waals surface area contributed by atoms with Gasteiger partial charge in [0, 0.05) is 18.7 Å². The number of hydrogen-bond donors (Lipinski definition) is 1. The first-order chi connectivity index (χ1) is 15.1. The lowest BCUT2D eigenvalue weighted by Crippen LogP contribution is -2.48. The first kappa shape index (κ1) is 22.8. The molecule has 1 aliphatic heterocycles. The van der Waals surface area contributed by atoms with Crippen molar-refractivity contribution in [1.82, 2.24) is 15.1 Å². The first-order valence-corrected chi connectivity index (χ1v) is 11.1. The van der Waals surface area contributed by atoms with Crippen LogP contribution in [0.5, 0.6) is 5.75 Å². The number of benzene rings is 2. The molecule has 0 aromatic heterocycles. The van der Waals surface area contributed by atoms with Crippen LogP contribution < -0.4 is 10.1 Å². The molecule has 2 amide bonds. The second-order valence-corrected chi connectivity index (χ2v) is 7.78. The zero-order chi connectivity index (χ0) is 22.2. The molecule has 0 radical (unpaired) electrons. The Morgan fingerprint density at radius 2 is 1.87 bits per heavy atom. The molecule has 166 valence electrons. The molecule has 6 nitrogen and oxygen atoms in total. The highest BCUT2D eigenvalue weighted by Gasteiger charge is 2.34. The minimum atomic E-state index is -0.421. The number of likely N-dealkylation sites (N-methyl/N-ethyl adjacent to an activating group) is 1. The molecule has 1 saturated heterocycles. The highest BCUT2D eigenvalue weighted by atomic mass is 16.5. The molecule has 3 rings (SSSR count). The summed E-state index contributed by atoms with van der Waals surface area (Å²) in [7, 11) is 1.66. The maximum absolute atomic E-state index is 13.1. The molecule has 1 fully saturated rings.